The van der Waals surface area contributed by atoms with Gasteiger partial charge in [0.05, 0.1) is 15.6 Å². The standard InChI is InChI=1S/C28H30Cl2FN3O4S/c1-19(27(36)32-28(2,3)4)33(17-20-10-8-9-13-24(20)31)26(35)18-34(25-15-14-21(29)16-23(25)30)39(37,38)22-11-6-5-7-12-22/h5-16,19H,17-18H2,1-4H3,(H,32,36). The molecule has 3 aromatic carbocycles. The van der Waals surface area contributed by atoms with E-state index in [4.69, 9.17) is 23.2 Å². The lowest BCUT2D eigenvalue weighted by Crippen LogP contribution is -2.54. The van der Waals surface area contributed by atoms with E-state index in [9.17, 15) is 22.4 Å². The summed E-state index contributed by atoms with van der Waals surface area (Å²) in [5.74, 6) is -1.78. The summed E-state index contributed by atoms with van der Waals surface area (Å²) in [7, 11) is -4.29. The molecule has 0 saturated heterocycles. The maximum atomic E-state index is 14.6. The minimum atomic E-state index is -4.29. The highest BCUT2D eigenvalue weighted by Gasteiger charge is 2.34. The van der Waals surface area contributed by atoms with Crippen molar-refractivity contribution in [3.63, 3.8) is 0 Å². The van der Waals surface area contributed by atoms with E-state index in [1.54, 1.807) is 45.0 Å². The zero-order valence-corrected chi connectivity index (χ0v) is 24.3. The second kappa shape index (κ2) is 12.4. The molecule has 1 atom stereocenters. The van der Waals surface area contributed by atoms with Crippen LogP contribution in [0.25, 0.3) is 0 Å². The summed E-state index contributed by atoms with van der Waals surface area (Å²) >= 11 is 12.4. The monoisotopic (exact) mass is 593 g/mol. The van der Waals surface area contributed by atoms with Crippen molar-refractivity contribution >= 4 is 50.7 Å². The van der Waals surface area contributed by atoms with Crippen molar-refractivity contribution < 1.29 is 22.4 Å². The van der Waals surface area contributed by atoms with E-state index in [2.05, 4.69) is 5.32 Å². The Bertz CT molecular complexity index is 1450. The van der Waals surface area contributed by atoms with Gasteiger partial charge in [0.2, 0.25) is 11.8 Å². The van der Waals surface area contributed by atoms with E-state index >= 15 is 0 Å². The largest absolute Gasteiger partial charge is 0.350 e. The van der Waals surface area contributed by atoms with Crippen molar-refractivity contribution in [3.8, 4) is 0 Å². The number of nitrogens with zero attached hydrogens (tertiary/aromatic N) is 2. The minimum Gasteiger partial charge on any atom is -0.350 e. The van der Waals surface area contributed by atoms with E-state index in [0.717, 1.165) is 9.21 Å². The summed E-state index contributed by atoms with van der Waals surface area (Å²) in [5, 5.41) is 3.10. The van der Waals surface area contributed by atoms with Crippen LogP contribution in [0.4, 0.5) is 10.1 Å². The molecule has 0 aliphatic heterocycles. The first-order valence-electron chi connectivity index (χ1n) is 12.1. The topological polar surface area (TPSA) is 86.8 Å². The fraction of sp³-hybridized carbons (Fsp3) is 0.286. The van der Waals surface area contributed by atoms with Crippen LogP contribution in [-0.4, -0.2) is 43.3 Å². The first-order chi connectivity index (χ1) is 18.2. The van der Waals surface area contributed by atoms with Gasteiger partial charge in [-0.15, -0.1) is 0 Å². The van der Waals surface area contributed by atoms with Crippen LogP contribution in [0.3, 0.4) is 0 Å². The van der Waals surface area contributed by atoms with Gasteiger partial charge < -0.3 is 10.2 Å². The molecule has 208 valence electrons. The number of anilines is 1. The van der Waals surface area contributed by atoms with Crippen LogP contribution in [0, 0.1) is 5.82 Å². The number of hydrogen-bond donors (Lipinski definition) is 1. The molecule has 39 heavy (non-hydrogen) atoms. The summed E-state index contributed by atoms with van der Waals surface area (Å²) in [4.78, 5) is 28.0. The predicted octanol–water partition coefficient (Wildman–Crippen LogP) is 5.66. The summed E-state index contributed by atoms with van der Waals surface area (Å²) < 4.78 is 43.0. The lowest BCUT2D eigenvalue weighted by atomic mass is 10.1. The van der Waals surface area contributed by atoms with Gasteiger partial charge in [0.1, 0.15) is 18.4 Å². The van der Waals surface area contributed by atoms with E-state index in [1.165, 1.54) is 55.5 Å². The molecule has 0 aliphatic rings. The Balaban J connectivity index is 2.07. The van der Waals surface area contributed by atoms with Crippen molar-refractivity contribution in [1.29, 1.82) is 0 Å². The molecule has 2 amide bonds. The molecule has 1 unspecified atom stereocenters. The van der Waals surface area contributed by atoms with Crippen LogP contribution >= 0.6 is 23.2 Å². The number of carbonyl (C=O) groups is 2. The van der Waals surface area contributed by atoms with Crippen molar-refractivity contribution in [2.75, 3.05) is 10.8 Å². The molecular weight excluding hydrogens is 564 g/mol. The Labute approximate surface area is 238 Å². The van der Waals surface area contributed by atoms with Crippen molar-refractivity contribution in [3.05, 3.63) is 94.2 Å². The molecular formula is C28H30Cl2FN3O4S. The molecule has 0 fully saturated rings. The molecule has 1 N–H and O–H groups in total. The van der Waals surface area contributed by atoms with Crippen LogP contribution in [0.5, 0.6) is 0 Å². The SMILES string of the molecule is CC(C(=O)NC(C)(C)C)N(Cc1ccccc1F)C(=O)CN(c1ccc(Cl)cc1Cl)S(=O)(=O)c1ccccc1. The lowest BCUT2D eigenvalue weighted by molar-refractivity contribution is -0.140. The van der Waals surface area contributed by atoms with Gasteiger partial charge in [-0.1, -0.05) is 59.6 Å². The Morgan fingerprint density at radius 1 is 0.974 bits per heavy atom. The second-order valence-electron chi connectivity index (χ2n) is 9.95. The van der Waals surface area contributed by atoms with Crippen LogP contribution < -0.4 is 9.62 Å². The summed E-state index contributed by atoms with van der Waals surface area (Å²) in [6, 6.07) is 16.6. The van der Waals surface area contributed by atoms with E-state index in [-0.39, 0.29) is 32.7 Å². The molecule has 0 aromatic heterocycles. The van der Waals surface area contributed by atoms with E-state index < -0.39 is 45.8 Å². The average molecular weight is 595 g/mol. The quantitative estimate of drug-likeness (QED) is 0.347. The fourth-order valence-electron chi connectivity index (χ4n) is 3.78. The van der Waals surface area contributed by atoms with Crippen molar-refractivity contribution in [2.24, 2.45) is 0 Å². The maximum Gasteiger partial charge on any atom is 0.264 e. The molecule has 0 aliphatic carbocycles. The highest BCUT2D eigenvalue weighted by atomic mass is 35.5. The third-order valence-electron chi connectivity index (χ3n) is 5.75. The highest BCUT2D eigenvalue weighted by molar-refractivity contribution is 7.92. The number of carbonyl (C=O) groups excluding carboxylic acids is 2. The van der Waals surface area contributed by atoms with Gasteiger partial charge in [-0.2, -0.15) is 0 Å². The normalized spacial score (nSPS) is 12.5. The third kappa shape index (κ3) is 7.71. The lowest BCUT2D eigenvalue weighted by Gasteiger charge is -2.33. The number of hydrogen-bond acceptors (Lipinski definition) is 4. The third-order valence-corrected chi connectivity index (χ3v) is 8.06. The summed E-state index contributed by atoms with van der Waals surface area (Å²) in [5.41, 5.74) is -0.406. The van der Waals surface area contributed by atoms with Crippen molar-refractivity contribution in [2.45, 2.75) is 50.7 Å². The molecule has 11 heteroatoms. The number of sulfonamides is 1. The second-order valence-corrected chi connectivity index (χ2v) is 12.7. The Hall–Kier alpha value is -3.14. The predicted molar refractivity (Wildman–Crippen MR) is 152 cm³/mol. The van der Waals surface area contributed by atoms with Crippen LogP contribution in [0.2, 0.25) is 10.0 Å². The highest BCUT2D eigenvalue weighted by Crippen LogP contribution is 2.33. The summed E-state index contributed by atoms with van der Waals surface area (Å²) in [6.07, 6.45) is 0. The Morgan fingerprint density at radius 2 is 1.59 bits per heavy atom. The summed E-state index contributed by atoms with van der Waals surface area (Å²) in [6.45, 7) is 5.90. The van der Waals surface area contributed by atoms with Gasteiger partial charge >= 0.3 is 0 Å². The van der Waals surface area contributed by atoms with E-state index in [1.807, 2.05) is 0 Å². The fourth-order valence-corrected chi connectivity index (χ4v) is 5.80. The van der Waals surface area contributed by atoms with Crippen LogP contribution in [0.1, 0.15) is 33.3 Å². The zero-order chi connectivity index (χ0) is 29.0. The maximum absolute atomic E-state index is 14.6. The van der Waals surface area contributed by atoms with Gasteiger partial charge in [0.15, 0.2) is 0 Å². The van der Waals surface area contributed by atoms with Crippen molar-refractivity contribution in [1.82, 2.24) is 10.2 Å². The molecule has 0 spiro atoms. The molecule has 0 saturated carbocycles. The van der Waals surface area contributed by atoms with Gasteiger partial charge in [-0.25, -0.2) is 12.8 Å². The van der Waals surface area contributed by atoms with Gasteiger partial charge in [-0.3, -0.25) is 13.9 Å². The van der Waals surface area contributed by atoms with Gasteiger partial charge in [-0.05, 0) is 64.1 Å². The van der Waals surface area contributed by atoms with Gasteiger partial charge in [0, 0.05) is 22.7 Å². The average Bonchev–Trinajstić information content (AvgIpc) is 2.86. The molecule has 3 aromatic rings. The molecule has 0 heterocycles. The molecule has 7 nitrogen and oxygen atoms in total. The molecule has 0 bridgehead atoms. The number of benzene rings is 3. The van der Waals surface area contributed by atoms with Crippen LogP contribution in [0.15, 0.2) is 77.7 Å². The number of amides is 2. The molecule has 0 radical (unpaired) electrons. The first-order valence-corrected chi connectivity index (χ1v) is 14.3. The van der Waals surface area contributed by atoms with E-state index in [0.29, 0.717) is 0 Å². The minimum absolute atomic E-state index is 0.00832. The zero-order valence-electron chi connectivity index (χ0n) is 22.0. The smallest absolute Gasteiger partial charge is 0.264 e. The molecule has 3 rings (SSSR count). The number of nitrogens with one attached hydrogen (secondary N) is 1. The van der Waals surface area contributed by atoms with Crippen LogP contribution in [-0.2, 0) is 26.2 Å². The van der Waals surface area contributed by atoms with Gasteiger partial charge in [0.25, 0.3) is 10.0 Å². The number of rotatable bonds is 9. The Morgan fingerprint density at radius 3 is 2.18 bits per heavy atom. The number of halogens is 3. The first kappa shape index (κ1) is 30.4. The Kier molecular flexibility index (Phi) is 9.64.